The van der Waals surface area contributed by atoms with Gasteiger partial charge in [-0.1, -0.05) is 37.5 Å². The highest BCUT2D eigenvalue weighted by Crippen LogP contribution is 2.20. The largest absolute Gasteiger partial charge is 0.338 e. The van der Waals surface area contributed by atoms with Crippen LogP contribution in [0.2, 0.25) is 0 Å². The lowest BCUT2D eigenvalue weighted by Crippen LogP contribution is -2.55. The van der Waals surface area contributed by atoms with Crippen molar-refractivity contribution in [1.29, 1.82) is 0 Å². The normalized spacial score (nSPS) is 18.5. The van der Waals surface area contributed by atoms with E-state index in [1.165, 1.54) is 19.3 Å². The Kier molecular flexibility index (Phi) is 5.55. The lowest BCUT2D eigenvalue weighted by molar-refractivity contribution is -0.133. The monoisotopic (exact) mass is 382 g/mol. The number of fused-ring (bicyclic) bond motifs is 1. The first-order valence-corrected chi connectivity index (χ1v) is 10.5. The van der Waals surface area contributed by atoms with Crippen LogP contribution in [-0.4, -0.2) is 58.5 Å². The number of benzene rings is 1. The standard InChI is InChI=1S/C22H30N4O2/c1-17-15-18-7-5-6-10-20(18)26(17)16-21(27)24-11-13-25(14-12-24)22(28)23-19-8-3-2-4-9-19/h5-7,10,15,19H,2-4,8-9,11-14,16H2,1H3,(H,23,28). The number of carbonyl (C=O) groups is 2. The first-order chi connectivity index (χ1) is 13.6. The number of piperazine rings is 1. The lowest BCUT2D eigenvalue weighted by Gasteiger charge is -2.36. The molecule has 3 amide bonds. The Bertz CT molecular complexity index is 845. The average molecular weight is 383 g/mol. The molecule has 0 atom stereocenters. The Morgan fingerprint density at radius 1 is 1.00 bits per heavy atom. The molecule has 0 bridgehead atoms. The van der Waals surface area contributed by atoms with E-state index in [9.17, 15) is 9.59 Å². The van der Waals surface area contributed by atoms with Crippen LogP contribution in [0.4, 0.5) is 4.79 Å². The molecule has 1 aromatic carbocycles. The van der Waals surface area contributed by atoms with E-state index in [4.69, 9.17) is 0 Å². The smallest absolute Gasteiger partial charge is 0.317 e. The summed E-state index contributed by atoms with van der Waals surface area (Å²) in [6.07, 6.45) is 5.88. The molecule has 6 heteroatoms. The second-order valence-electron chi connectivity index (χ2n) is 8.08. The number of hydrogen-bond acceptors (Lipinski definition) is 2. The zero-order chi connectivity index (χ0) is 19.5. The van der Waals surface area contributed by atoms with E-state index >= 15 is 0 Å². The molecule has 2 fully saturated rings. The molecule has 1 aromatic heterocycles. The van der Waals surface area contributed by atoms with E-state index in [1.807, 2.05) is 28.9 Å². The van der Waals surface area contributed by atoms with Crippen molar-refractivity contribution in [3.05, 3.63) is 36.0 Å². The Morgan fingerprint density at radius 3 is 2.43 bits per heavy atom. The van der Waals surface area contributed by atoms with Gasteiger partial charge in [0.1, 0.15) is 6.54 Å². The fourth-order valence-electron chi connectivity index (χ4n) is 4.47. The van der Waals surface area contributed by atoms with Crippen molar-refractivity contribution >= 4 is 22.8 Å². The number of amides is 3. The van der Waals surface area contributed by atoms with Gasteiger partial charge < -0.3 is 19.7 Å². The predicted molar refractivity (Wildman–Crippen MR) is 110 cm³/mol. The van der Waals surface area contributed by atoms with Gasteiger partial charge in [0.05, 0.1) is 0 Å². The maximum atomic E-state index is 12.8. The molecule has 1 N–H and O–H groups in total. The van der Waals surface area contributed by atoms with Crippen molar-refractivity contribution in [3.8, 4) is 0 Å². The SMILES string of the molecule is Cc1cc2ccccc2n1CC(=O)N1CCN(C(=O)NC2CCCCC2)CC1. The third-order valence-electron chi connectivity index (χ3n) is 6.16. The minimum atomic E-state index is 0.0336. The molecule has 0 radical (unpaired) electrons. The van der Waals surface area contributed by atoms with E-state index in [1.54, 1.807) is 0 Å². The maximum absolute atomic E-state index is 12.8. The number of nitrogens with zero attached hydrogens (tertiary/aromatic N) is 3. The Balaban J connectivity index is 1.31. The topological polar surface area (TPSA) is 57.6 Å². The Labute approximate surface area is 166 Å². The molecule has 6 nitrogen and oxygen atoms in total. The molecular weight excluding hydrogens is 352 g/mol. The highest BCUT2D eigenvalue weighted by Gasteiger charge is 2.26. The van der Waals surface area contributed by atoms with Gasteiger partial charge in [-0.2, -0.15) is 0 Å². The zero-order valence-corrected chi connectivity index (χ0v) is 16.7. The van der Waals surface area contributed by atoms with Gasteiger partial charge in [-0.3, -0.25) is 4.79 Å². The number of aromatic nitrogens is 1. The second kappa shape index (κ2) is 8.25. The fraction of sp³-hybridized carbons (Fsp3) is 0.545. The molecule has 1 aliphatic carbocycles. The minimum Gasteiger partial charge on any atom is -0.338 e. The van der Waals surface area contributed by atoms with Gasteiger partial charge in [0, 0.05) is 43.4 Å². The van der Waals surface area contributed by atoms with Gasteiger partial charge in [0.25, 0.3) is 0 Å². The molecule has 0 spiro atoms. The fourth-order valence-corrected chi connectivity index (χ4v) is 4.47. The van der Waals surface area contributed by atoms with Crippen molar-refractivity contribution < 1.29 is 9.59 Å². The molecule has 2 heterocycles. The number of carbonyl (C=O) groups excluding carboxylic acids is 2. The van der Waals surface area contributed by atoms with Crippen molar-refractivity contribution in [2.45, 2.75) is 51.6 Å². The predicted octanol–water partition coefficient (Wildman–Crippen LogP) is 3.14. The van der Waals surface area contributed by atoms with Crippen LogP contribution in [-0.2, 0) is 11.3 Å². The second-order valence-corrected chi connectivity index (χ2v) is 8.08. The number of hydrogen-bond donors (Lipinski definition) is 1. The number of nitrogens with one attached hydrogen (secondary N) is 1. The highest BCUT2D eigenvalue weighted by atomic mass is 16.2. The molecule has 150 valence electrons. The Hall–Kier alpha value is -2.50. The molecular formula is C22H30N4O2. The molecule has 0 unspecified atom stereocenters. The summed E-state index contributed by atoms with van der Waals surface area (Å²) >= 11 is 0. The van der Waals surface area contributed by atoms with E-state index in [0.717, 1.165) is 29.4 Å². The average Bonchev–Trinajstić information content (AvgIpc) is 3.04. The van der Waals surface area contributed by atoms with Gasteiger partial charge in [-0.25, -0.2) is 4.79 Å². The summed E-state index contributed by atoms with van der Waals surface area (Å²) < 4.78 is 2.08. The van der Waals surface area contributed by atoms with Crippen LogP contribution >= 0.6 is 0 Å². The number of urea groups is 1. The molecule has 1 aliphatic heterocycles. The molecule has 1 saturated heterocycles. The number of para-hydroxylation sites is 1. The van der Waals surface area contributed by atoms with Crippen LogP contribution in [0, 0.1) is 6.92 Å². The third-order valence-corrected chi connectivity index (χ3v) is 6.16. The molecule has 2 aliphatic rings. The summed E-state index contributed by atoms with van der Waals surface area (Å²) in [5, 5.41) is 4.34. The third kappa shape index (κ3) is 4.01. The quantitative estimate of drug-likeness (QED) is 0.887. The first-order valence-electron chi connectivity index (χ1n) is 10.5. The van der Waals surface area contributed by atoms with Crippen LogP contribution in [0.25, 0.3) is 10.9 Å². The zero-order valence-electron chi connectivity index (χ0n) is 16.7. The highest BCUT2D eigenvalue weighted by molar-refractivity contribution is 5.84. The van der Waals surface area contributed by atoms with Crippen LogP contribution in [0.3, 0.4) is 0 Å². The summed E-state index contributed by atoms with van der Waals surface area (Å²) in [6, 6.07) is 10.6. The van der Waals surface area contributed by atoms with Gasteiger partial charge in [0.15, 0.2) is 0 Å². The number of rotatable bonds is 3. The Morgan fingerprint density at radius 2 is 1.68 bits per heavy atom. The van der Waals surface area contributed by atoms with Crippen molar-refractivity contribution in [2.75, 3.05) is 26.2 Å². The van der Waals surface area contributed by atoms with Crippen molar-refractivity contribution in [2.24, 2.45) is 0 Å². The summed E-state index contributed by atoms with van der Waals surface area (Å²) in [7, 11) is 0. The molecule has 1 saturated carbocycles. The van der Waals surface area contributed by atoms with Crippen LogP contribution in [0.15, 0.2) is 30.3 Å². The first kappa shape index (κ1) is 18.8. The summed E-state index contributed by atoms with van der Waals surface area (Å²) in [6.45, 7) is 4.82. The van der Waals surface area contributed by atoms with Gasteiger partial charge in [-0.15, -0.1) is 0 Å². The van der Waals surface area contributed by atoms with E-state index in [-0.39, 0.29) is 11.9 Å². The molecule has 2 aromatic rings. The number of aryl methyl sites for hydroxylation is 1. The van der Waals surface area contributed by atoms with Gasteiger partial charge in [0.2, 0.25) is 5.91 Å². The van der Waals surface area contributed by atoms with Gasteiger partial charge in [-0.05, 0) is 37.3 Å². The van der Waals surface area contributed by atoms with E-state index in [2.05, 4.69) is 28.1 Å². The van der Waals surface area contributed by atoms with E-state index < -0.39 is 0 Å². The summed E-state index contributed by atoms with van der Waals surface area (Å²) in [4.78, 5) is 29.1. The van der Waals surface area contributed by atoms with Crippen LogP contribution in [0.5, 0.6) is 0 Å². The van der Waals surface area contributed by atoms with Crippen LogP contribution < -0.4 is 5.32 Å². The maximum Gasteiger partial charge on any atom is 0.317 e. The minimum absolute atomic E-state index is 0.0336. The van der Waals surface area contributed by atoms with E-state index in [0.29, 0.717) is 38.8 Å². The van der Waals surface area contributed by atoms with Crippen molar-refractivity contribution in [3.63, 3.8) is 0 Å². The van der Waals surface area contributed by atoms with Crippen LogP contribution in [0.1, 0.15) is 37.8 Å². The summed E-state index contributed by atoms with van der Waals surface area (Å²) in [5.41, 5.74) is 2.19. The van der Waals surface area contributed by atoms with Gasteiger partial charge >= 0.3 is 6.03 Å². The van der Waals surface area contributed by atoms with Crippen molar-refractivity contribution in [1.82, 2.24) is 19.7 Å². The lowest BCUT2D eigenvalue weighted by atomic mass is 9.96. The molecule has 28 heavy (non-hydrogen) atoms. The summed E-state index contributed by atoms with van der Waals surface area (Å²) in [5.74, 6) is 0.122. The molecule has 4 rings (SSSR count).